The highest BCUT2D eigenvalue weighted by atomic mass is 16.6. The number of methoxy groups -OCH3 is 1. The normalized spacial score (nSPS) is 20.6. The number of imidazole rings is 1. The largest absolute Gasteiger partial charge is 0.383 e. The molecule has 96 valence electrons. The molecule has 0 radical (unpaired) electrons. The van der Waals surface area contributed by atoms with Crippen LogP contribution < -0.4 is 5.32 Å². The molecule has 0 spiro atoms. The Hall–Kier alpha value is -0.950. The first-order valence-corrected chi connectivity index (χ1v) is 5.83. The van der Waals surface area contributed by atoms with Crippen LogP contribution in [-0.4, -0.2) is 50.1 Å². The van der Waals surface area contributed by atoms with E-state index in [9.17, 15) is 0 Å². The van der Waals surface area contributed by atoms with Gasteiger partial charge in [0, 0.05) is 32.1 Å². The standard InChI is InChI=1S/C11H19N3O3/c1-15-3-2-12-6-9-7-13-11(14-9)10-8-16-4-5-17-10/h7,10,12H,2-6,8H2,1H3,(H,13,14). The molecule has 0 aromatic carbocycles. The van der Waals surface area contributed by atoms with Gasteiger partial charge in [0.25, 0.3) is 0 Å². The summed E-state index contributed by atoms with van der Waals surface area (Å²) in [6.45, 7) is 4.16. The van der Waals surface area contributed by atoms with Crippen LogP contribution >= 0.6 is 0 Å². The van der Waals surface area contributed by atoms with E-state index in [1.807, 2.05) is 6.20 Å². The summed E-state index contributed by atoms with van der Waals surface area (Å²) in [5, 5.41) is 3.25. The van der Waals surface area contributed by atoms with E-state index in [4.69, 9.17) is 14.2 Å². The van der Waals surface area contributed by atoms with Crippen molar-refractivity contribution in [2.45, 2.75) is 12.6 Å². The molecule has 2 N–H and O–H groups in total. The number of rotatable bonds is 6. The van der Waals surface area contributed by atoms with Gasteiger partial charge in [-0.05, 0) is 0 Å². The molecule has 1 unspecified atom stereocenters. The van der Waals surface area contributed by atoms with Crippen LogP contribution in [0.1, 0.15) is 17.6 Å². The summed E-state index contributed by atoms with van der Waals surface area (Å²) in [6, 6.07) is 0. The van der Waals surface area contributed by atoms with Crippen molar-refractivity contribution in [1.29, 1.82) is 0 Å². The van der Waals surface area contributed by atoms with Crippen LogP contribution in [0.25, 0.3) is 0 Å². The van der Waals surface area contributed by atoms with Crippen molar-refractivity contribution in [2.75, 3.05) is 40.1 Å². The molecule has 1 fully saturated rings. The Morgan fingerprint density at radius 2 is 2.53 bits per heavy atom. The Balaban J connectivity index is 1.78. The summed E-state index contributed by atoms with van der Waals surface area (Å²) in [5.74, 6) is 0.841. The van der Waals surface area contributed by atoms with Crippen molar-refractivity contribution in [2.24, 2.45) is 0 Å². The number of H-pyrrole nitrogens is 1. The molecule has 0 aliphatic carbocycles. The van der Waals surface area contributed by atoms with Gasteiger partial charge in [-0.3, -0.25) is 0 Å². The maximum Gasteiger partial charge on any atom is 0.138 e. The Bertz CT molecular complexity index is 324. The maximum absolute atomic E-state index is 5.56. The van der Waals surface area contributed by atoms with E-state index >= 15 is 0 Å². The molecule has 1 atom stereocenters. The van der Waals surface area contributed by atoms with E-state index in [2.05, 4.69) is 15.3 Å². The topological polar surface area (TPSA) is 68.4 Å². The van der Waals surface area contributed by atoms with Gasteiger partial charge in [0.05, 0.1) is 26.4 Å². The molecule has 1 aliphatic rings. The summed E-state index contributed by atoms with van der Waals surface area (Å²) in [4.78, 5) is 7.55. The minimum Gasteiger partial charge on any atom is -0.383 e. The summed E-state index contributed by atoms with van der Waals surface area (Å²) >= 11 is 0. The van der Waals surface area contributed by atoms with Crippen molar-refractivity contribution in [3.63, 3.8) is 0 Å². The fraction of sp³-hybridized carbons (Fsp3) is 0.727. The van der Waals surface area contributed by atoms with Gasteiger partial charge in [0.2, 0.25) is 0 Å². The highest BCUT2D eigenvalue weighted by Crippen LogP contribution is 2.17. The Labute approximate surface area is 101 Å². The zero-order valence-electron chi connectivity index (χ0n) is 10.1. The molecule has 6 nitrogen and oxygen atoms in total. The number of ether oxygens (including phenoxy) is 3. The average molecular weight is 241 g/mol. The summed E-state index contributed by atoms with van der Waals surface area (Å²) < 4.78 is 15.9. The van der Waals surface area contributed by atoms with Crippen molar-refractivity contribution in [3.8, 4) is 0 Å². The van der Waals surface area contributed by atoms with Crippen LogP contribution in [0.15, 0.2) is 6.20 Å². The molecule has 0 bridgehead atoms. The van der Waals surface area contributed by atoms with Gasteiger partial charge in [-0.1, -0.05) is 0 Å². The quantitative estimate of drug-likeness (QED) is 0.698. The Morgan fingerprint density at radius 1 is 1.59 bits per heavy atom. The number of nitrogens with zero attached hydrogens (tertiary/aromatic N) is 1. The lowest BCUT2D eigenvalue weighted by molar-refractivity contribution is -0.0932. The van der Waals surface area contributed by atoms with Gasteiger partial charge in [-0.15, -0.1) is 0 Å². The van der Waals surface area contributed by atoms with Gasteiger partial charge >= 0.3 is 0 Å². The van der Waals surface area contributed by atoms with E-state index in [-0.39, 0.29) is 6.10 Å². The van der Waals surface area contributed by atoms with Gasteiger partial charge in [-0.25, -0.2) is 4.98 Å². The van der Waals surface area contributed by atoms with Crippen LogP contribution in [0.2, 0.25) is 0 Å². The number of aromatic nitrogens is 2. The van der Waals surface area contributed by atoms with Crippen LogP contribution in [-0.2, 0) is 20.8 Å². The molecule has 17 heavy (non-hydrogen) atoms. The van der Waals surface area contributed by atoms with Crippen LogP contribution in [0.3, 0.4) is 0 Å². The third kappa shape index (κ3) is 3.78. The smallest absolute Gasteiger partial charge is 0.138 e. The fourth-order valence-electron chi connectivity index (χ4n) is 1.67. The second-order valence-corrected chi connectivity index (χ2v) is 3.90. The second kappa shape index (κ2) is 6.70. The predicted molar refractivity (Wildman–Crippen MR) is 61.7 cm³/mol. The van der Waals surface area contributed by atoms with Crippen molar-refractivity contribution < 1.29 is 14.2 Å². The number of nitrogens with one attached hydrogen (secondary N) is 2. The van der Waals surface area contributed by atoms with E-state index in [1.165, 1.54) is 0 Å². The van der Waals surface area contributed by atoms with Crippen LogP contribution in [0.5, 0.6) is 0 Å². The van der Waals surface area contributed by atoms with E-state index < -0.39 is 0 Å². The summed E-state index contributed by atoms with van der Waals surface area (Å²) in [6.07, 6.45) is 1.77. The third-order valence-electron chi connectivity index (χ3n) is 2.57. The number of aromatic amines is 1. The molecule has 1 aromatic heterocycles. The van der Waals surface area contributed by atoms with Gasteiger partial charge in [0.15, 0.2) is 0 Å². The van der Waals surface area contributed by atoms with Gasteiger partial charge < -0.3 is 24.5 Å². The molecule has 1 saturated heterocycles. The molecule has 0 saturated carbocycles. The molecular formula is C11H19N3O3. The van der Waals surface area contributed by atoms with E-state index in [1.54, 1.807) is 7.11 Å². The van der Waals surface area contributed by atoms with Gasteiger partial charge in [-0.2, -0.15) is 0 Å². The summed E-state index contributed by atoms with van der Waals surface area (Å²) in [5.41, 5.74) is 1.05. The van der Waals surface area contributed by atoms with E-state index in [0.717, 1.165) is 24.6 Å². The van der Waals surface area contributed by atoms with Crippen LogP contribution in [0, 0.1) is 0 Å². The van der Waals surface area contributed by atoms with Crippen molar-refractivity contribution >= 4 is 0 Å². The average Bonchev–Trinajstić information content (AvgIpc) is 2.85. The second-order valence-electron chi connectivity index (χ2n) is 3.90. The monoisotopic (exact) mass is 241 g/mol. The van der Waals surface area contributed by atoms with Gasteiger partial charge in [0.1, 0.15) is 11.9 Å². The highest BCUT2D eigenvalue weighted by molar-refractivity contribution is 5.03. The molecule has 2 heterocycles. The molecule has 1 aliphatic heterocycles. The maximum atomic E-state index is 5.56. The SMILES string of the molecule is COCCNCc1cnc(C2COCCO2)[nH]1. The first-order chi connectivity index (χ1) is 8.40. The third-order valence-corrected chi connectivity index (χ3v) is 2.57. The molecule has 2 rings (SSSR count). The predicted octanol–water partition coefficient (Wildman–Crippen LogP) is 0.234. The van der Waals surface area contributed by atoms with Crippen LogP contribution in [0.4, 0.5) is 0 Å². The van der Waals surface area contributed by atoms with Crippen molar-refractivity contribution in [1.82, 2.24) is 15.3 Å². The lowest BCUT2D eigenvalue weighted by Crippen LogP contribution is -2.23. The van der Waals surface area contributed by atoms with E-state index in [0.29, 0.717) is 26.4 Å². The minimum atomic E-state index is -0.0588. The molecule has 6 heteroatoms. The zero-order valence-corrected chi connectivity index (χ0v) is 10.1. The minimum absolute atomic E-state index is 0.0588. The lowest BCUT2D eigenvalue weighted by Gasteiger charge is -2.20. The molecule has 0 amide bonds. The zero-order chi connectivity index (χ0) is 11.9. The van der Waals surface area contributed by atoms with Crippen molar-refractivity contribution in [3.05, 3.63) is 17.7 Å². The lowest BCUT2D eigenvalue weighted by atomic mass is 10.3. The number of hydrogen-bond donors (Lipinski definition) is 2. The highest BCUT2D eigenvalue weighted by Gasteiger charge is 2.19. The molecule has 1 aromatic rings. The Morgan fingerprint density at radius 3 is 3.29 bits per heavy atom. The summed E-state index contributed by atoms with van der Waals surface area (Å²) in [7, 11) is 1.69. The first-order valence-electron chi connectivity index (χ1n) is 5.83. The molecular weight excluding hydrogens is 222 g/mol. The Kier molecular flexibility index (Phi) is 4.93. The fourth-order valence-corrected chi connectivity index (χ4v) is 1.67. The first kappa shape index (κ1) is 12.5. The number of hydrogen-bond acceptors (Lipinski definition) is 5.